The number of ether oxygens (including phenoxy) is 1. The Balaban J connectivity index is 1.27. The van der Waals surface area contributed by atoms with Gasteiger partial charge in [0.2, 0.25) is 5.91 Å². The third-order valence-corrected chi connectivity index (χ3v) is 9.69. The van der Waals surface area contributed by atoms with Crippen LogP contribution in [0.1, 0.15) is 36.6 Å². The second kappa shape index (κ2) is 16.4. The number of halogens is 1. The molecule has 11 nitrogen and oxygen atoms in total. The maximum absolute atomic E-state index is 11.8. The van der Waals surface area contributed by atoms with Crippen molar-refractivity contribution in [2.45, 2.75) is 36.6 Å². The molecule has 246 valence electrons. The zero-order chi connectivity index (χ0) is 34.0. The van der Waals surface area contributed by atoms with Crippen molar-refractivity contribution in [2.24, 2.45) is 0 Å². The Morgan fingerprint density at radius 2 is 1.77 bits per heavy atom. The van der Waals surface area contributed by atoms with Gasteiger partial charge in [0.25, 0.3) is 0 Å². The van der Waals surface area contributed by atoms with Crippen molar-refractivity contribution in [1.82, 2.24) is 20.6 Å². The number of thioether (sulfide) groups is 1. The van der Waals surface area contributed by atoms with Crippen molar-refractivity contribution in [2.75, 3.05) is 37.7 Å². The molecule has 0 radical (unpaired) electrons. The van der Waals surface area contributed by atoms with Crippen molar-refractivity contribution in [1.29, 1.82) is 10.5 Å². The van der Waals surface area contributed by atoms with E-state index < -0.39 is 12.0 Å². The van der Waals surface area contributed by atoms with Crippen LogP contribution >= 0.6 is 34.7 Å². The van der Waals surface area contributed by atoms with E-state index in [-0.39, 0.29) is 12.3 Å². The summed E-state index contributed by atoms with van der Waals surface area (Å²) in [6, 6.07) is 18.5. The van der Waals surface area contributed by atoms with E-state index in [9.17, 15) is 20.1 Å². The van der Waals surface area contributed by atoms with E-state index >= 15 is 0 Å². The average molecular weight is 702 g/mol. The van der Waals surface area contributed by atoms with Gasteiger partial charge >= 0.3 is 5.97 Å². The van der Waals surface area contributed by atoms with Gasteiger partial charge in [0.1, 0.15) is 52.0 Å². The molecular formula is C34H32ClN7O4S2. The molecule has 14 heteroatoms. The number of thiazole rings is 1. The number of nitriles is 2. The van der Waals surface area contributed by atoms with Gasteiger partial charge in [-0.15, -0.1) is 11.3 Å². The molecule has 1 atom stereocenters. The van der Waals surface area contributed by atoms with Gasteiger partial charge in [0.05, 0.1) is 11.3 Å². The molecule has 0 unspecified atom stereocenters. The van der Waals surface area contributed by atoms with Crippen LogP contribution in [0.5, 0.6) is 5.75 Å². The van der Waals surface area contributed by atoms with Crippen LogP contribution in [0, 0.1) is 22.7 Å². The number of hydrogen-bond acceptors (Lipinski definition) is 11. The number of carboxylic acid groups (broad SMARTS) is 1. The maximum atomic E-state index is 11.8. The Hall–Kier alpha value is -4.66. The summed E-state index contributed by atoms with van der Waals surface area (Å²) < 4.78 is 5.84. The van der Waals surface area contributed by atoms with Crippen LogP contribution in [-0.2, 0) is 15.3 Å². The molecule has 48 heavy (non-hydrogen) atoms. The lowest BCUT2D eigenvalue weighted by atomic mass is 9.96. The highest BCUT2D eigenvalue weighted by molar-refractivity contribution is 7.98. The summed E-state index contributed by atoms with van der Waals surface area (Å²) >= 11 is 9.01. The molecule has 1 fully saturated rings. The van der Waals surface area contributed by atoms with Crippen molar-refractivity contribution in [3.63, 3.8) is 0 Å². The number of nitrogens with zero attached hydrogens (tertiary/aromatic N) is 5. The monoisotopic (exact) mass is 701 g/mol. The van der Waals surface area contributed by atoms with Gasteiger partial charge in [-0.1, -0.05) is 47.6 Å². The number of carboxylic acids is 1. The summed E-state index contributed by atoms with van der Waals surface area (Å²) in [4.78, 5) is 34.4. The number of amides is 1. The highest BCUT2D eigenvalue weighted by Gasteiger charge is 2.27. The van der Waals surface area contributed by atoms with E-state index in [1.807, 2.05) is 41.8 Å². The van der Waals surface area contributed by atoms with Crippen LogP contribution < -0.4 is 20.3 Å². The van der Waals surface area contributed by atoms with Gasteiger partial charge < -0.3 is 25.4 Å². The van der Waals surface area contributed by atoms with Crippen LogP contribution in [0.3, 0.4) is 0 Å². The molecule has 1 amide bonds. The van der Waals surface area contributed by atoms with Crippen molar-refractivity contribution < 1.29 is 19.4 Å². The van der Waals surface area contributed by atoms with Crippen LogP contribution in [-0.4, -0.2) is 65.8 Å². The summed E-state index contributed by atoms with van der Waals surface area (Å²) in [6.45, 7) is 4.19. The van der Waals surface area contributed by atoms with Gasteiger partial charge in [-0.2, -0.15) is 10.5 Å². The Morgan fingerprint density at radius 1 is 1.06 bits per heavy atom. The van der Waals surface area contributed by atoms with Gasteiger partial charge in [0, 0.05) is 59.9 Å². The van der Waals surface area contributed by atoms with Gasteiger partial charge in [-0.3, -0.25) is 9.59 Å². The number of benzene rings is 2. The van der Waals surface area contributed by atoms with E-state index in [0.717, 1.165) is 35.8 Å². The molecule has 3 N–H and O–H groups in total. The predicted octanol–water partition coefficient (Wildman–Crippen LogP) is 5.72. The molecule has 1 aliphatic rings. The molecule has 2 aromatic carbocycles. The standard InChI is InChI=1S/C34H32ClN7O4S2/c1-21(34(44)45)39-29(43)11-12-38-13-16-46-26-9-5-22(6-10-26)30-27(17-36)31(42-14-2-15-42)41-33(28(30)18-37)48-20-25-19-47-32(40-25)23-3-7-24(35)8-4-23/h3-10,19,21,38H,2,11-16,20H2,1H3,(H,39,43)(H,44,45)/t21-/m0/s1. The van der Waals surface area contributed by atoms with E-state index in [1.165, 1.54) is 18.7 Å². The average Bonchev–Trinajstić information content (AvgIpc) is 3.54. The topological polar surface area (TPSA) is 164 Å². The highest BCUT2D eigenvalue weighted by atomic mass is 35.5. The lowest BCUT2D eigenvalue weighted by molar-refractivity contribution is -0.141. The minimum atomic E-state index is -1.08. The van der Waals surface area contributed by atoms with Crippen molar-refractivity contribution >= 4 is 52.4 Å². The highest BCUT2D eigenvalue weighted by Crippen LogP contribution is 2.40. The van der Waals surface area contributed by atoms with E-state index in [2.05, 4.69) is 27.7 Å². The fourth-order valence-electron chi connectivity index (χ4n) is 4.81. The van der Waals surface area contributed by atoms with Gasteiger partial charge in [0.15, 0.2) is 0 Å². The molecule has 0 aliphatic carbocycles. The Kier molecular flexibility index (Phi) is 11.9. The quantitative estimate of drug-likeness (QED) is 0.103. The van der Waals surface area contributed by atoms with E-state index in [4.69, 9.17) is 31.4 Å². The first-order chi connectivity index (χ1) is 23.3. The molecule has 5 rings (SSSR count). The number of nitrogens with one attached hydrogen (secondary N) is 2. The largest absolute Gasteiger partial charge is 0.492 e. The van der Waals surface area contributed by atoms with Crippen molar-refractivity contribution in [3.05, 3.63) is 75.8 Å². The van der Waals surface area contributed by atoms with Crippen molar-refractivity contribution in [3.8, 4) is 39.6 Å². The fourth-order valence-corrected chi connectivity index (χ4v) is 6.75. The van der Waals surface area contributed by atoms with Crippen LogP contribution in [0.25, 0.3) is 21.7 Å². The number of pyridine rings is 1. The molecule has 0 bridgehead atoms. The number of carbonyl (C=O) groups is 2. The number of hydrogen-bond donors (Lipinski definition) is 3. The van der Waals surface area contributed by atoms with Crippen LogP contribution in [0.4, 0.5) is 5.82 Å². The zero-order valence-corrected chi connectivity index (χ0v) is 28.4. The van der Waals surface area contributed by atoms with Gasteiger partial charge in [-0.25, -0.2) is 9.97 Å². The minimum Gasteiger partial charge on any atom is -0.492 e. The molecule has 0 saturated carbocycles. The molecule has 1 aliphatic heterocycles. The summed E-state index contributed by atoms with van der Waals surface area (Å²) in [5.41, 5.74) is 3.81. The predicted molar refractivity (Wildman–Crippen MR) is 186 cm³/mol. The van der Waals surface area contributed by atoms with Gasteiger partial charge in [-0.05, 0) is 43.2 Å². The first kappa shape index (κ1) is 34.7. The zero-order valence-electron chi connectivity index (χ0n) is 26.0. The normalized spacial score (nSPS) is 12.8. The minimum absolute atomic E-state index is 0.147. The summed E-state index contributed by atoms with van der Waals surface area (Å²) in [5.74, 6) is 0.266. The number of carbonyl (C=O) groups excluding carboxylic acids is 1. The number of anilines is 1. The molecule has 1 saturated heterocycles. The molecule has 4 aromatic rings. The smallest absolute Gasteiger partial charge is 0.325 e. The molecule has 3 heterocycles. The van der Waals surface area contributed by atoms with E-state index in [0.29, 0.717) is 69.3 Å². The first-order valence-corrected chi connectivity index (χ1v) is 17.4. The summed E-state index contributed by atoms with van der Waals surface area (Å²) in [5, 5.41) is 39.1. The molecule has 0 spiro atoms. The molecule has 2 aromatic heterocycles. The second-order valence-electron chi connectivity index (χ2n) is 10.9. The fraction of sp³-hybridized carbons (Fsp3) is 0.294. The number of aliphatic carboxylic acids is 1. The second-order valence-corrected chi connectivity index (χ2v) is 13.1. The Labute approximate surface area is 291 Å². The number of rotatable bonds is 15. The lowest BCUT2D eigenvalue weighted by Crippen LogP contribution is -2.39. The summed E-state index contributed by atoms with van der Waals surface area (Å²) in [6.07, 6.45) is 1.16. The molecular weight excluding hydrogens is 670 g/mol. The third-order valence-electron chi connectivity index (χ3n) is 7.49. The Bertz CT molecular complexity index is 1850. The van der Waals surface area contributed by atoms with Crippen LogP contribution in [0.15, 0.2) is 58.9 Å². The lowest BCUT2D eigenvalue weighted by Gasteiger charge is -2.33. The number of aromatic nitrogens is 2. The Morgan fingerprint density at radius 3 is 2.42 bits per heavy atom. The SMILES string of the molecule is C[C@H](NC(=O)CCNCCOc1ccc(-c2c(C#N)c(SCc3csc(-c4ccc(Cl)cc4)n3)nc(N3CCC3)c2C#N)cc1)C(=O)O. The third kappa shape index (κ3) is 8.62. The van der Waals surface area contributed by atoms with Crippen LogP contribution in [0.2, 0.25) is 5.02 Å². The van der Waals surface area contributed by atoms with E-state index in [1.54, 1.807) is 23.5 Å². The maximum Gasteiger partial charge on any atom is 0.325 e. The summed E-state index contributed by atoms with van der Waals surface area (Å²) in [7, 11) is 0. The first-order valence-electron chi connectivity index (χ1n) is 15.2.